The standard InChI is InChI=1S/C25H24Cl2N4O5S/c1-16(17-6-5-9-21(13-17)28-25(33)18-7-4-8-19(26)12-18)29-30-24(32)15-31(37(3,34)35)22-14-20(27)10-11-23(22)36-2/h4-14H,15H2,1-3H3,(H,28,33)(H,30,32)/b29-16-. The number of nitrogens with zero attached hydrogens (tertiary/aromatic N) is 2. The van der Waals surface area contributed by atoms with E-state index in [0.717, 1.165) is 10.6 Å². The Bertz CT molecular complexity index is 1460. The fourth-order valence-corrected chi connectivity index (χ4v) is 4.48. The van der Waals surface area contributed by atoms with Gasteiger partial charge in [0, 0.05) is 21.3 Å². The van der Waals surface area contributed by atoms with Gasteiger partial charge in [0.15, 0.2) is 0 Å². The van der Waals surface area contributed by atoms with E-state index in [0.29, 0.717) is 27.5 Å². The molecule has 194 valence electrons. The van der Waals surface area contributed by atoms with E-state index in [1.807, 2.05) is 0 Å². The van der Waals surface area contributed by atoms with Gasteiger partial charge in [-0.15, -0.1) is 0 Å². The maximum atomic E-state index is 12.6. The summed E-state index contributed by atoms with van der Waals surface area (Å²) in [7, 11) is -2.48. The van der Waals surface area contributed by atoms with Crippen molar-refractivity contribution in [2.75, 3.05) is 29.5 Å². The number of carbonyl (C=O) groups is 2. The van der Waals surface area contributed by atoms with Crippen molar-refractivity contribution in [3.8, 4) is 5.75 Å². The highest BCUT2D eigenvalue weighted by Crippen LogP contribution is 2.32. The fraction of sp³-hybridized carbons (Fsp3) is 0.160. The highest BCUT2D eigenvalue weighted by molar-refractivity contribution is 7.92. The Kier molecular flexibility index (Phi) is 9.14. The summed E-state index contributed by atoms with van der Waals surface area (Å²) in [6, 6.07) is 17.9. The summed E-state index contributed by atoms with van der Waals surface area (Å²) < 4.78 is 31.0. The zero-order valence-corrected chi connectivity index (χ0v) is 22.5. The molecule has 0 spiro atoms. The monoisotopic (exact) mass is 562 g/mol. The van der Waals surface area contributed by atoms with Gasteiger partial charge in [0.25, 0.3) is 11.8 Å². The number of halogens is 2. The minimum Gasteiger partial charge on any atom is -0.495 e. The van der Waals surface area contributed by atoms with Gasteiger partial charge in [-0.2, -0.15) is 5.10 Å². The Hall–Kier alpha value is -3.60. The van der Waals surface area contributed by atoms with Crippen LogP contribution in [0.2, 0.25) is 10.0 Å². The van der Waals surface area contributed by atoms with Gasteiger partial charge < -0.3 is 10.1 Å². The Labute approximate surface area is 225 Å². The molecular weight excluding hydrogens is 539 g/mol. The molecule has 9 nitrogen and oxygen atoms in total. The first-order valence-corrected chi connectivity index (χ1v) is 13.4. The molecule has 2 amide bonds. The molecule has 0 bridgehead atoms. The summed E-state index contributed by atoms with van der Waals surface area (Å²) in [5.41, 5.74) is 4.46. The van der Waals surface area contributed by atoms with Crippen molar-refractivity contribution in [2.24, 2.45) is 5.10 Å². The number of ether oxygens (including phenoxy) is 1. The van der Waals surface area contributed by atoms with Gasteiger partial charge >= 0.3 is 0 Å². The van der Waals surface area contributed by atoms with Gasteiger partial charge in [0.05, 0.1) is 24.8 Å². The summed E-state index contributed by atoms with van der Waals surface area (Å²) >= 11 is 12.0. The van der Waals surface area contributed by atoms with E-state index in [1.165, 1.54) is 19.2 Å². The van der Waals surface area contributed by atoms with Crippen LogP contribution in [0, 0.1) is 0 Å². The van der Waals surface area contributed by atoms with Crippen LogP contribution in [0.1, 0.15) is 22.8 Å². The number of nitrogens with one attached hydrogen (secondary N) is 2. The van der Waals surface area contributed by atoms with Crippen molar-refractivity contribution in [3.63, 3.8) is 0 Å². The summed E-state index contributed by atoms with van der Waals surface area (Å²) in [6.07, 6.45) is 0.971. The van der Waals surface area contributed by atoms with Crippen molar-refractivity contribution in [3.05, 3.63) is 87.9 Å². The second-order valence-corrected chi connectivity index (χ2v) is 10.6. The first kappa shape index (κ1) is 28.0. The molecule has 3 aromatic carbocycles. The maximum absolute atomic E-state index is 12.6. The smallest absolute Gasteiger partial charge is 0.260 e. The van der Waals surface area contributed by atoms with Crippen LogP contribution in [0.5, 0.6) is 5.75 Å². The van der Waals surface area contributed by atoms with Crippen molar-refractivity contribution in [2.45, 2.75) is 6.92 Å². The molecule has 0 saturated carbocycles. The molecule has 0 fully saturated rings. The molecule has 0 radical (unpaired) electrons. The number of hydrazone groups is 1. The van der Waals surface area contributed by atoms with E-state index in [-0.39, 0.29) is 22.4 Å². The maximum Gasteiger partial charge on any atom is 0.260 e. The van der Waals surface area contributed by atoms with E-state index >= 15 is 0 Å². The van der Waals surface area contributed by atoms with Crippen molar-refractivity contribution in [1.82, 2.24) is 5.43 Å². The average molecular weight is 563 g/mol. The Balaban J connectivity index is 1.73. The van der Waals surface area contributed by atoms with Gasteiger partial charge in [-0.1, -0.05) is 41.4 Å². The third kappa shape index (κ3) is 7.69. The van der Waals surface area contributed by atoms with Crippen LogP contribution >= 0.6 is 23.2 Å². The van der Waals surface area contributed by atoms with E-state index in [9.17, 15) is 18.0 Å². The number of amides is 2. The number of methoxy groups -OCH3 is 1. The highest BCUT2D eigenvalue weighted by Gasteiger charge is 2.24. The van der Waals surface area contributed by atoms with Gasteiger partial charge in [-0.05, 0) is 61.0 Å². The van der Waals surface area contributed by atoms with Gasteiger partial charge in [-0.25, -0.2) is 13.8 Å². The van der Waals surface area contributed by atoms with Crippen LogP contribution in [-0.2, 0) is 14.8 Å². The zero-order valence-electron chi connectivity index (χ0n) is 20.2. The van der Waals surface area contributed by atoms with Crippen molar-refractivity contribution in [1.29, 1.82) is 0 Å². The van der Waals surface area contributed by atoms with E-state index in [4.69, 9.17) is 27.9 Å². The number of benzene rings is 3. The largest absolute Gasteiger partial charge is 0.495 e. The van der Waals surface area contributed by atoms with Crippen LogP contribution in [0.25, 0.3) is 0 Å². The predicted octanol–water partition coefficient (Wildman–Crippen LogP) is 4.56. The zero-order chi connectivity index (χ0) is 27.2. The molecule has 0 aliphatic carbocycles. The molecule has 0 unspecified atom stereocenters. The minimum absolute atomic E-state index is 0.122. The van der Waals surface area contributed by atoms with Crippen LogP contribution in [0.15, 0.2) is 71.8 Å². The summed E-state index contributed by atoms with van der Waals surface area (Å²) in [5.74, 6) is -0.781. The molecule has 0 aromatic heterocycles. The van der Waals surface area contributed by atoms with Crippen LogP contribution in [-0.4, -0.2) is 45.9 Å². The highest BCUT2D eigenvalue weighted by atomic mass is 35.5. The van der Waals surface area contributed by atoms with Gasteiger partial charge in [-0.3, -0.25) is 13.9 Å². The summed E-state index contributed by atoms with van der Waals surface area (Å²) in [5, 5.41) is 7.59. The average Bonchev–Trinajstić information content (AvgIpc) is 2.85. The first-order valence-electron chi connectivity index (χ1n) is 10.8. The normalized spacial score (nSPS) is 11.5. The molecule has 0 heterocycles. The van der Waals surface area contributed by atoms with Crippen molar-refractivity contribution >= 4 is 62.1 Å². The molecule has 0 aliphatic rings. The van der Waals surface area contributed by atoms with Crippen LogP contribution < -0.4 is 19.8 Å². The molecule has 12 heteroatoms. The lowest BCUT2D eigenvalue weighted by atomic mass is 10.1. The third-order valence-corrected chi connectivity index (χ3v) is 6.67. The van der Waals surface area contributed by atoms with Gasteiger partial charge in [0.2, 0.25) is 10.0 Å². The Morgan fingerprint density at radius 3 is 2.32 bits per heavy atom. The van der Waals surface area contributed by atoms with Crippen LogP contribution in [0.3, 0.4) is 0 Å². The number of carbonyl (C=O) groups excluding carboxylic acids is 2. The number of sulfonamides is 1. The lowest BCUT2D eigenvalue weighted by Crippen LogP contribution is -2.39. The van der Waals surface area contributed by atoms with Gasteiger partial charge in [0.1, 0.15) is 12.3 Å². The van der Waals surface area contributed by atoms with E-state index in [1.54, 1.807) is 61.5 Å². The predicted molar refractivity (Wildman–Crippen MR) is 146 cm³/mol. The minimum atomic E-state index is -3.86. The molecule has 0 saturated heterocycles. The quantitative estimate of drug-likeness (QED) is 0.293. The lowest BCUT2D eigenvalue weighted by molar-refractivity contribution is -0.119. The second kappa shape index (κ2) is 12.1. The molecule has 0 atom stereocenters. The number of hydrogen-bond acceptors (Lipinski definition) is 6. The SMILES string of the molecule is COc1ccc(Cl)cc1N(CC(=O)N/N=C(/C)c1cccc(NC(=O)c2cccc(Cl)c2)c1)S(C)(=O)=O. The summed E-state index contributed by atoms with van der Waals surface area (Å²) in [6.45, 7) is 1.11. The molecular formula is C25H24Cl2N4O5S. The molecule has 3 rings (SSSR count). The summed E-state index contributed by atoms with van der Waals surface area (Å²) in [4.78, 5) is 25.1. The first-order chi connectivity index (χ1) is 17.5. The van der Waals surface area contributed by atoms with E-state index < -0.39 is 22.5 Å². The Morgan fingerprint density at radius 2 is 1.65 bits per heavy atom. The number of hydrogen-bond donors (Lipinski definition) is 2. The molecule has 2 N–H and O–H groups in total. The second-order valence-electron chi connectivity index (χ2n) is 7.86. The topological polar surface area (TPSA) is 117 Å². The fourth-order valence-electron chi connectivity index (χ4n) is 3.27. The van der Waals surface area contributed by atoms with Crippen molar-refractivity contribution < 1.29 is 22.7 Å². The molecule has 37 heavy (non-hydrogen) atoms. The molecule has 3 aromatic rings. The van der Waals surface area contributed by atoms with E-state index in [2.05, 4.69) is 15.8 Å². The Morgan fingerprint density at radius 1 is 0.973 bits per heavy atom. The molecule has 0 aliphatic heterocycles. The number of rotatable bonds is 9. The third-order valence-electron chi connectivity index (χ3n) is 5.07. The lowest BCUT2D eigenvalue weighted by Gasteiger charge is -2.23. The number of anilines is 2. The van der Waals surface area contributed by atoms with Crippen LogP contribution in [0.4, 0.5) is 11.4 Å².